The van der Waals surface area contributed by atoms with Crippen LogP contribution in [0.4, 0.5) is 11.4 Å². The van der Waals surface area contributed by atoms with Crippen LogP contribution in [-0.4, -0.2) is 17.4 Å². The Morgan fingerprint density at radius 1 is 1.30 bits per heavy atom. The van der Waals surface area contributed by atoms with Gasteiger partial charge in [-0.2, -0.15) is 0 Å². The van der Waals surface area contributed by atoms with Crippen LogP contribution in [0.1, 0.15) is 34.6 Å². The maximum Gasteiger partial charge on any atom is 0.268 e. The van der Waals surface area contributed by atoms with Gasteiger partial charge in [0.1, 0.15) is 11.4 Å². The quantitative estimate of drug-likeness (QED) is 0.828. The third kappa shape index (κ3) is 2.61. The Kier molecular flexibility index (Phi) is 3.24. The van der Waals surface area contributed by atoms with Crippen LogP contribution < -0.4 is 15.4 Å². The molecule has 5 nitrogen and oxygen atoms in total. The summed E-state index contributed by atoms with van der Waals surface area (Å²) in [5.41, 5.74) is -0.373. The molecule has 0 fully saturated rings. The molecule has 0 aliphatic carbocycles. The summed E-state index contributed by atoms with van der Waals surface area (Å²) >= 11 is 0. The van der Waals surface area contributed by atoms with E-state index in [1.165, 1.54) is 0 Å². The number of nitrogens with one attached hydrogen (secondary N) is 2. The topological polar surface area (TPSA) is 67.4 Å². The van der Waals surface area contributed by atoms with Crippen molar-refractivity contribution in [1.82, 2.24) is 0 Å². The van der Waals surface area contributed by atoms with Crippen molar-refractivity contribution in [2.45, 2.75) is 40.2 Å². The number of hydrogen-bond donors (Lipinski definition) is 2. The molecule has 2 rings (SSSR count). The van der Waals surface area contributed by atoms with Crippen molar-refractivity contribution in [3.63, 3.8) is 0 Å². The Balaban J connectivity index is 2.35. The molecule has 0 aromatic heterocycles. The molecule has 2 N–H and O–H groups in total. The van der Waals surface area contributed by atoms with E-state index < -0.39 is 11.0 Å². The summed E-state index contributed by atoms with van der Waals surface area (Å²) in [6.45, 7) is 8.89. The van der Waals surface area contributed by atoms with E-state index in [2.05, 4.69) is 10.6 Å². The van der Waals surface area contributed by atoms with Gasteiger partial charge in [0, 0.05) is 5.41 Å². The van der Waals surface area contributed by atoms with Crippen LogP contribution in [0.15, 0.2) is 18.2 Å². The minimum Gasteiger partial charge on any atom is -0.476 e. The summed E-state index contributed by atoms with van der Waals surface area (Å²) < 4.78 is 5.68. The van der Waals surface area contributed by atoms with Crippen LogP contribution in [-0.2, 0) is 9.59 Å². The number of ether oxygens (including phenoxy) is 1. The van der Waals surface area contributed by atoms with Crippen molar-refractivity contribution in [1.29, 1.82) is 0 Å². The van der Waals surface area contributed by atoms with Crippen LogP contribution in [0.5, 0.6) is 5.75 Å². The largest absolute Gasteiger partial charge is 0.476 e. The highest BCUT2D eigenvalue weighted by Crippen LogP contribution is 2.39. The number of para-hydroxylation sites is 1. The average molecular weight is 276 g/mol. The van der Waals surface area contributed by atoms with E-state index in [0.717, 1.165) is 0 Å². The van der Waals surface area contributed by atoms with Gasteiger partial charge in [-0.1, -0.05) is 26.8 Å². The van der Waals surface area contributed by atoms with Gasteiger partial charge in [-0.05, 0) is 26.0 Å². The molecule has 20 heavy (non-hydrogen) atoms. The molecule has 2 amide bonds. The van der Waals surface area contributed by atoms with Crippen molar-refractivity contribution in [2.24, 2.45) is 5.41 Å². The van der Waals surface area contributed by atoms with E-state index in [-0.39, 0.29) is 11.8 Å². The van der Waals surface area contributed by atoms with Gasteiger partial charge < -0.3 is 15.4 Å². The molecule has 1 heterocycles. The highest BCUT2D eigenvalue weighted by Gasteiger charge is 2.36. The van der Waals surface area contributed by atoms with Gasteiger partial charge in [-0.15, -0.1) is 0 Å². The zero-order chi connectivity index (χ0) is 15.1. The van der Waals surface area contributed by atoms with Crippen molar-refractivity contribution in [3.05, 3.63) is 18.2 Å². The molecule has 1 aromatic carbocycles. The van der Waals surface area contributed by atoms with Gasteiger partial charge >= 0.3 is 0 Å². The van der Waals surface area contributed by atoms with Crippen molar-refractivity contribution in [3.8, 4) is 5.75 Å². The average Bonchev–Trinajstić information content (AvgIpc) is 2.30. The second-order valence-corrected chi connectivity index (χ2v) is 6.45. The smallest absolute Gasteiger partial charge is 0.268 e. The minimum absolute atomic E-state index is 0.120. The van der Waals surface area contributed by atoms with Gasteiger partial charge in [0.05, 0.1) is 5.69 Å². The van der Waals surface area contributed by atoms with E-state index >= 15 is 0 Å². The Labute approximate surface area is 118 Å². The molecule has 108 valence electrons. The molecular weight excluding hydrogens is 256 g/mol. The zero-order valence-electron chi connectivity index (χ0n) is 12.5. The Bertz CT molecular complexity index is 571. The van der Waals surface area contributed by atoms with Gasteiger partial charge in [0.2, 0.25) is 5.91 Å². The minimum atomic E-state index is -0.917. The molecule has 0 saturated heterocycles. The first-order valence-electron chi connectivity index (χ1n) is 6.56. The summed E-state index contributed by atoms with van der Waals surface area (Å²) in [4.78, 5) is 24.0. The molecule has 1 aliphatic heterocycles. The molecule has 5 heteroatoms. The van der Waals surface area contributed by atoms with E-state index in [1.807, 2.05) is 20.8 Å². The number of amides is 2. The monoisotopic (exact) mass is 276 g/mol. The molecule has 1 aliphatic rings. The first-order chi connectivity index (χ1) is 9.11. The van der Waals surface area contributed by atoms with Crippen LogP contribution in [0, 0.1) is 5.41 Å². The number of carbonyl (C=O) groups is 2. The Morgan fingerprint density at radius 3 is 2.55 bits per heavy atom. The summed E-state index contributed by atoms with van der Waals surface area (Å²) in [6, 6.07) is 5.29. The van der Waals surface area contributed by atoms with Crippen LogP contribution >= 0.6 is 0 Å². The highest BCUT2D eigenvalue weighted by atomic mass is 16.5. The first kappa shape index (κ1) is 14.4. The predicted molar refractivity (Wildman–Crippen MR) is 77.9 cm³/mol. The van der Waals surface area contributed by atoms with Crippen LogP contribution in [0.25, 0.3) is 0 Å². The standard InChI is InChI=1S/C15H20N2O3/c1-14(2,3)12(18)16-9-7-6-8-10-11(9)17-13(19)15(4,5)20-10/h6-8H,1-5H3,(H,16,18)(H,17,19). The fraction of sp³-hybridized carbons (Fsp3) is 0.467. The highest BCUT2D eigenvalue weighted by molar-refractivity contribution is 6.06. The predicted octanol–water partition coefficient (Wildman–Crippen LogP) is 2.78. The molecule has 0 spiro atoms. The summed E-state index contributed by atoms with van der Waals surface area (Å²) in [5.74, 6) is 0.203. The molecule has 0 atom stereocenters. The van der Waals surface area contributed by atoms with Crippen LogP contribution in [0.2, 0.25) is 0 Å². The van der Waals surface area contributed by atoms with E-state index in [1.54, 1.807) is 32.0 Å². The lowest BCUT2D eigenvalue weighted by Crippen LogP contribution is -2.46. The number of hydrogen-bond acceptors (Lipinski definition) is 3. The fourth-order valence-electron chi connectivity index (χ4n) is 1.74. The third-order valence-electron chi connectivity index (χ3n) is 3.11. The first-order valence-corrected chi connectivity index (χ1v) is 6.56. The number of benzene rings is 1. The molecule has 1 aromatic rings. The number of anilines is 2. The number of carbonyl (C=O) groups excluding carboxylic acids is 2. The third-order valence-corrected chi connectivity index (χ3v) is 3.11. The van der Waals surface area contributed by atoms with Crippen molar-refractivity contribution in [2.75, 3.05) is 10.6 Å². The summed E-state index contributed by atoms with van der Waals surface area (Å²) in [7, 11) is 0. The SMILES string of the molecule is CC(C)(C)C(=O)Nc1cccc2c1NC(=O)C(C)(C)O2. The maximum atomic E-state index is 12.1. The van der Waals surface area contributed by atoms with E-state index in [0.29, 0.717) is 17.1 Å². The second-order valence-electron chi connectivity index (χ2n) is 6.45. The lowest BCUT2D eigenvalue weighted by Gasteiger charge is -2.32. The van der Waals surface area contributed by atoms with Gasteiger partial charge in [0.15, 0.2) is 5.60 Å². The Morgan fingerprint density at radius 2 is 1.95 bits per heavy atom. The normalized spacial score (nSPS) is 16.8. The van der Waals surface area contributed by atoms with E-state index in [9.17, 15) is 9.59 Å². The van der Waals surface area contributed by atoms with Crippen molar-refractivity contribution >= 4 is 23.2 Å². The number of rotatable bonds is 1. The fourth-order valence-corrected chi connectivity index (χ4v) is 1.74. The second kappa shape index (κ2) is 4.51. The van der Waals surface area contributed by atoms with Gasteiger partial charge in [0.25, 0.3) is 5.91 Å². The summed E-state index contributed by atoms with van der Waals surface area (Å²) in [5, 5.41) is 5.62. The molecule has 0 radical (unpaired) electrons. The summed E-state index contributed by atoms with van der Waals surface area (Å²) in [6.07, 6.45) is 0. The van der Waals surface area contributed by atoms with Gasteiger partial charge in [-0.3, -0.25) is 9.59 Å². The maximum absolute atomic E-state index is 12.1. The molecular formula is C15H20N2O3. The molecule has 0 unspecified atom stereocenters. The zero-order valence-corrected chi connectivity index (χ0v) is 12.5. The molecule has 0 saturated carbocycles. The lowest BCUT2D eigenvalue weighted by atomic mass is 9.95. The molecule has 0 bridgehead atoms. The lowest BCUT2D eigenvalue weighted by molar-refractivity contribution is -0.129. The Hall–Kier alpha value is -2.04. The van der Waals surface area contributed by atoms with Gasteiger partial charge in [-0.25, -0.2) is 0 Å². The van der Waals surface area contributed by atoms with Crippen molar-refractivity contribution < 1.29 is 14.3 Å². The number of fused-ring (bicyclic) bond motifs is 1. The van der Waals surface area contributed by atoms with E-state index in [4.69, 9.17) is 4.74 Å². The van der Waals surface area contributed by atoms with Crippen LogP contribution in [0.3, 0.4) is 0 Å².